The van der Waals surface area contributed by atoms with Gasteiger partial charge >= 0.3 is 0 Å². The quantitative estimate of drug-likeness (QED) is 0.708. The first-order chi connectivity index (χ1) is 6.77. The topological polar surface area (TPSA) is 25.8 Å². The van der Waals surface area contributed by atoms with E-state index in [1.54, 1.807) is 0 Å². The van der Waals surface area contributed by atoms with Crippen molar-refractivity contribution in [1.29, 1.82) is 0 Å². The van der Waals surface area contributed by atoms with Crippen molar-refractivity contribution < 1.29 is 0 Å². The van der Waals surface area contributed by atoms with Crippen molar-refractivity contribution in [3.8, 4) is 0 Å². The maximum atomic E-state index is 4.34. The average molecular weight is 206 g/mol. The Morgan fingerprint density at radius 3 is 2.57 bits per heavy atom. The van der Waals surface area contributed by atoms with E-state index in [2.05, 4.69) is 9.36 Å². The lowest BCUT2D eigenvalue weighted by Gasteiger charge is -1.92. The van der Waals surface area contributed by atoms with Crippen LogP contribution in [0.4, 0.5) is 0 Å². The predicted molar refractivity (Wildman–Crippen MR) is 62.3 cm³/mol. The van der Waals surface area contributed by atoms with Crippen LogP contribution in [0.2, 0.25) is 0 Å². The van der Waals surface area contributed by atoms with E-state index >= 15 is 0 Å². The van der Waals surface area contributed by atoms with E-state index in [1.165, 1.54) is 11.5 Å². The Morgan fingerprint density at radius 2 is 2.07 bits per heavy atom. The molecule has 0 N–H and O–H groups in total. The molecule has 0 spiro atoms. The zero-order valence-corrected chi connectivity index (χ0v) is 9.51. The minimum absolute atomic E-state index is 0.809. The summed E-state index contributed by atoms with van der Waals surface area (Å²) in [6.45, 7) is 5.94. The Kier molecular flexibility index (Phi) is 4.26. The molecule has 1 aromatic heterocycles. The summed E-state index contributed by atoms with van der Waals surface area (Å²) in [4.78, 5) is 4.34. The minimum Gasteiger partial charge on any atom is -0.220 e. The van der Waals surface area contributed by atoms with E-state index in [-0.39, 0.29) is 0 Å². The molecule has 1 heterocycles. The maximum Gasteiger partial charge on any atom is 0.172 e. The number of aromatic nitrogens is 2. The highest BCUT2D eigenvalue weighted by Gasteiger charge is 2.02. The maximum absolute atomic E-state index is 4.34. The van der Waals surface area contributed by atoms with Gasteiger partial charge in [-0.1, -0.05) is 30.4 Å². The van der Waals surface area contributed by atoms with Gasteiger partial charge in [-0.2, -0.15) is 4.37 Å². The van der Waals surface area contributed by atoms with E-state index in [9.17, 15) is 0 Å². The molecule has 0 saturated carbocycles. The molecule has 1 aromatic rings. The van der Waals surface area contributed by atoms with Crippen molar-refractivity contribution in [2.45, 2.75) is 20.8 Å². The fraction of sp³-hybridized carbons (Fsp3) is 0.273. The lowest BCUT2D eigenvalue weighted by atomic mass is 10.2. The lowest BCUT2D eigenvalue weighted by Crippen LogP contribution is -1.83. The second kappa shape index (κ2) is 5.50. The molecule has 1 rings (SSSR count). The molecule has 0 saturated heterocycles. The standard InChI is InChI=1S/C11H14N2S/c1-4-6-8-10(7-5-2)11-12-9(3)14-13-11/h4-8H,1-3H3/b6-4-,7-5-,10-8+. The largest absolute Gasteiger partial charge is 0.220 e. The van der Waals surface area contributed by atoms with Gasteiger partial charge in [-0.3, -0.25) is 0 Å². The summed E-state index contributed by atoms with van der Waals surface area (Å²) >= 11 is 1.43. The van der Waals surface area contributed by atoms with Gasteiger partial charge in [0.2, 0.25) is 0 Å². The molecule has 0 aliphatic rings. The summed E-state index contributed by atoms with van der Waals surface area (Å²) in [5, 5.41) is 0.996. The van der Waals surface area contributed by atoms with E-state index in [4.69, 9.17) is 0 Å². The molecule has 0 fully saturated rings. The Morgan fingerprint density at radius 1 is 1.29 bits per heavy atom. The van der Waals surface area contributed by atoms with E-state index < -0.39 is 0 Å². The number of rotatable bonds is 3. The van der Waals surface area contributed by atoms with Crippen LogP contribution in [0.5, 0.6) is 0 Å². The fourth-order valence-corrected chi connectivity index (χ4v) is 1.49. The van der Waals surface area contributed by atoms with Crippen LogP contribution in [0.15, 0.2) is 30.4 Å². The van der Waals surface area contributed by atoms with Gasteiger partial charge in [0.15, 0.2) is 5.82 Å². The Labute approximate surface area is 88.9 Å². The van der Waals surface area contributed by atoms with Crippen molar-refractivity contribution in [3.63, 3.8) is 0 Å². The number of allylic oxidation sites excluding steroid dienone is 6. The second-order valence-electron chi connectivity index (χ2n) is 2.78. The van der Waals surface area contributed by atoms with Crippen LogP contribution in [0.3, 0.4) is 0 Å². The molecule has 0 aliphatic heterocycles. The van der Waals surface area contributed by atoms with Crippen LogP contribution in [-0.4, -0.2) is 9.36 Å². The molecule has 2 nitrogen and oxygen atoms in total. The zero-order valence-electron chi connectivity index (χ0n) is 8.69. The van der Waals surface area contributed by atoms with Crippen molar-refractivity contribution in [1.82, 2.24) is 9.36 Å². The van der Waals surface area contributed by atoms with Gasteiger partial charge < -0.3 is 0 Å². The summed E-state index contributed by atoms with van der Waals surface area (Å²) in [5.74, 6) is 0.809. The predicted octanol–water partition coefficient (Wildman–Crippen LogP) is 3.38. The Bertz CT molecular complexity index is 372. The van der Waals surface area contributed by atoms with Crippen LogP contribution in [-0.2, 0) is 0 Å². The Balaban J connectivity index is 2.99. The molecule has 74 valence electrons. The molecule has 14 heavy (non-hydrogen) atoms. The molecule has 0 radical (unpaired) electrons. The monoisotopic (exact) mass is 206 g/mol. The zero-order chi connectivity index (χ0) is 10.4. The van der Waals surface area contributed by atoms with Crippen LogP contribution >= 0.6 is 11.5 Å². The van der Waals surface area contributed by atoms with Gasteiger partial charge in [0.1, 0.15) is 5.01 Å². The molecule has 0 aromatic carbocycles. The SMILES string of the molecule is C\C=C/C=C(\C=C/C)c1nsc(C)n1. The Hall–Kier alpha value is -1.22. The van der Waals surface area contributed by atoms with Crippen molar-refractivity contribution in [3.05, 3.63) is 41.2 Å². The molecule has 3 heteroatoms. The average Bonchev–Trinajstić information content (AvgIpc) is 2.59. The highest BCUT2D eigenvalue weighted by Crippen LogP contribution is 2.14. The molecule has 0 aliphatic carbocycles. The lowest BCUT2D eigenvalue weighted by molar-refractivity contribution is 1.21. The fourth-order valence-electron chi connectivity index (χ4n) is 1.00. The number of hydrogen-bond donors (Lipinski definition) is 0. The second-order valence-corrected chi connectivity index (χ2v) is 3.74. The number of aryl methyl sites for hydroxylation is 1. The third-order valence-corrected chi connectivity index (χ3v) is 2.22. The first-order valence-electron chi connectivity index (χ1n) is 4.54. The highest BCUT2D eigenvalue weighted by molar-refractivity contribution is 7.05. The van der Waals surface area contributed by atoms with Crippen LogP contribution < -0.4 is 0 Å². The van der Waals surface area contributed by atoms with E-state index in [0.29, 0.717) is 0 Å². The van der Waals surface area contributed by atoms with Gasteiger partial charge in [-0.25, -0.2) is 4.98 Å². The summed E-state index contributed by atoms with van der Waals surface area (Å²) in [5.41, 5.74) is 1.05. The summed E-state index contributed by atoms with van der Waals surface area (Å²) < 4.78 is 4.26. The number of hydrogen-bond acceptors (Lipinski definition) is 3. The molecule has 0 amide bonds. The first kappa shape index (κ1) is 10.9. The van der Waals surface area contributed by atoms with Crippen molar-refractivity contribution in [2.75, 3.05) is 0 Å². The molecule has 0 unspecified atom stereocenters. The van der Waals surface area contributed by atoms with Crippen LogP contribution in [0, 0.1) is 6.92 Å². The molecular weight excluding hydrogens is 192 g/mol. The number of nitrogens with zero attached hydrogens (tertiary/aromatic N) is 2. The summed E-state index contributed by atoms with van der Waals surface area (Å²) in [7, 11) is 0. The van der Waals surface area contributed by atoms with Gasteiger partial charge in [0.05, 0.1) is 0 Å². The first-order valence-corrected chi connectivity index (χ1v) is 5.31. The van der Waals surface area contributed by atoms with Crippen LogP contribution in [0.1, 0.15) is 24.7 Å². The highest BCUT2D eigenvalue weighted by atomic mass is 32.1. The molecule has 0 atom stereocenters. The van der Waals surface area contributed by atoms with Crippen molar-refractivity contribution in [2.24, 2.45) is 0 Å². The minimum atomic E-state index is 0.809. The van der Waals surface area contributed by atoms with E-state index in [0.717, 1.165) is 16.4 Å². The van der Waals surface area contributed by atoms with Crippen LogP contribution in [0.25, 0.3) is 5.57 Å². The van der Waals surface area contributed by atoms with Gasteiger partial charge in [0.25, 0.3) is 0 Å². The van der Waals surface area contributed by atoms with Crippen molar-refractivity contribution >= 4 is 17.1 Å². The normalized spacial score (nSPS) is 13.2. The van der Waals surface area contributed by atoms with Gasteiger partial charge in [0, 0.05) is 5.57 Å². The smallest absolute Gasteiger partial charge is 0.172 e. The third kappa shape index (κ3) is 2.92. The molecule has 0 bridgehead atoms. The van der Waals surface area contributed by atoms with Gasteiger partial charge in [-0.15, -0.1) is 0 Å². The third-order valence-electron chi connectivity index (χ3n) is 1.60. The molecular formula is C11H14N2S. The van der Waals surface area contributed by atoms with Gasteiger partial charge in [-0.05, 0) is 32.3 Å². The summed E-state index contributed by atoms with van der Waals surface area (Å²) in [6, 6.07) is 0. The van der Waals surface area contributed by atoms with E-state index in [1.807, 2.05) is 51.2 Å². The summed E-state index contributed by atoms with van der Waals surface area (Å²) in [6.07, 6.45) is 10.0.